The first-order valence-corrected chi connectivity index (χ1v) is 9.95. The second kappa shape index (κ2) is 7.47. The van der Waals surface area contributed by atoms with Crippen LogP contribution in [0.25, 0.3) is 0 Å². The smallest absolute Gasteiger partial charge is 0.250 e. The van der Waals surface area contributed by atoms with E-state index in [0.29, 0.717) is 5.75 Å². The minimum atomic E-state index is -3.84. The molecule has 6 nitrogen and oxygen atoms in total. The van der Waals surface area contributed by atoms with E-state index in [4.69, 9.17) is 10.5 Å². The van der Waals surface area contributed by atoms with Crippen LogP contribution in [-0.2, 0) is 9.84 Å². The zero-order valence-electron chi connectivity index (χ0n) is 14.6. The number of carbonyl (C=O) groups is 1. The van der Waals surface area contributed by atoms with Crippen molar-refractivity contribution in [3.8, 4) is 5.75 Å². The van der Waals surface area contributed by atoms with Gasteiger partial charge in [-0.25, -0.2) is 8.42 Å². The molecule has 0 unspecified atom stereocenters. The van der Waals surface area contributed by atoms with Gasteiger partial charge < -0.3 is 15.4 Å². The van der Waals surface area contributed by atoms with Crippen LogP contribution in [0.1, 0.15) is 23.2 Å². The Labute approximate surface area is 153 Å². The molecule has 1 amide bonds. The first-order chi connectivity index (χ1) is 12.4. The van der Waals surface area contributed by atoms with Crippen LogP contribution in [0, 0.1) is 0 Å². The van der Waals surface area contributed by atoms with Crippen molar-refractivity contribution >= 4 is 15.7 Å². The Kier molecular flexibility index (Phi) is 5.29. The number of hydrogen-bond donors (Lipinski definition) is 1. The molecule has 0 bridgehead atoms. The summed E-state index contributed by atoms with van der Waals surface area (Å²) >= 11 is 0. The molecule has 1 fully saturated rings. The average Bonchev–Trinajstić information content (AvgIpc) is 2.62. The molecule has 1 atom stereocenters. The zero-order valence-corrected chi connectivity index (χ0v) is 15.4. The topological polar surface area (TPSA) is 89.7 Å². The van der Waals surface area contributed by atoms with Crippen LogP contribution in [-0.4, -0.2) is 45.5 Å². The van der Waals surface area contributed by atoms with Gasteiger partial charge in [-0.2, -0.15) is 0 Å². The minimum Gasteiger partial charge on any atom is -0.489 e. The van der Waals surface area contributed by atoms with E-state index >= 15 is 0 Å². The lowest BCUT2D eigenvalue weighted by Gasteiger charge is -2.30. The van der Waals surface area contributed by atoms with Crippen molar-refractivity contribution in [1.82, 2.24) is 4.90 Å². The molecular weight excluding hydrogens is 352 g/mol. The first kappa shape index (κ1) is 18.4. The Morgan fingerprint density at radius 1 is 1.15 bits per heavy atom. The van der Waals surface area contributed by atoms with Crippen molar-refractivity contribution in [2.45, 2.75) is 28.7 Å². The predicted molar refractivity (Wildman–Crippen MR) is 98.0 cm³/mol. The van der Waals surface area contributed by atoms with Crippen molar-refractivity contribution < 1.29 is 17.9 Å². The molecule has 26 heavy (non-hydrogen) atoms. The lowest BCUT2D eigenvalue weighted by Crippen LogP contribution is -2.38. The summed E-state index contributed by atoms with van der Waals surface area (Å²) in [6, 6.07) is 12.2. The Bertz CT molecular complexity index is 894. The third-order valence-corrected chi connectivity index (χ3v) is 6.29. The van der Waals surface area contributed by atoms with E-state index in [9.17, 15) is 13.2 Å². The molecule has 3 rings (SSSR count). The van der Waals surface area contributed by atoms with Crippen molar-refractivity contribution in [3.05, 3.63) is 54.1 Å². The molecule has 1 aliphatic rings. The van der Waals surface area contributed by atoms with Gasteiger partial charge in [-0.05, 0) is 62.8 Å². The van der Waals surface area contributed by atoms with E-state index in [1.165, 1.54) is 24.3 Å². The summed E-state index contributed by atoms with van der Waals surface area (Å²) in [4.78, 5) is 13.8. The molecule has 0 aromatic heterocycles. The van der Waals surface area contributed by atoms with E-state index in [-0.39, 0.29) is 21.5 Å². The normalized spacial score (nSPS) is 18.4. The Balaban J connectivity index is 1.83. The van der Waals surface area contributed by atoms with Crippen molar-refractivity contribution in [2.75, 3.05) is 20.1 Å². The number of carbonyl (C=O) groups excluding carboxylic acids is 1. The Hall–Kier alpha value is -2.38. The number of rotatable bonds is 5. The molecule has 0 spiro atoms. The van der Waals surface area contributed by atoms with Gasteiger partial charge in [-0.3, -0.25) is 4.79 Å². The van der Waals surface area contributed by atoms with Crippen LogP contribution < -0.4 is 10.5 Å². The van der Waals surface area contributed by atoms with Gasteiger partial charge in [0.15, 0.2) is 0 Å². The predicted octanol–water partition coefficient (Wildman–Crippen LogP) is 2.09. The highest BCUT2D eigenvalue weighted by Gasteiger charge is 2.24. The molecule has 2 N–H and O–H groups in total. The number of amides is 1. The van der Waals surface area contributed by atoms with Gasteiger partial charge in [-0.15, -0.1) is 0 Å². The summed E-state index contributed by atoms with van der Waals surface area (Å²) in [7, 11) is -1.78. The number of ether oxygens (including phenoxy) is 1. The second-order valence-corrected chi connectivity index (χ2v) is 8.40. The van der Waals surface area contributed by atoms with Crippen LogP contribution in [0.2, 0.25) is 0 Å². The van der Waals surface area contributed by atoms with Gasteiger partial charge in [0.1, 0.15) is 11.9 Å². The fourth-order valence-corrected chi connectivity index (χ4v) is 4.60. The molecule has 1 aliphatic heterocycles. The molecule has 2 aromatic carbocycles. The van der Waals surface area contributed by atoms with Crippen LogP contribution >= 0.6 is 0 Å². The molecule has 1 heterocycles. The minimum absolute atomic E-state index is 0.0157. The van der Waals surface area contributed by atoms with Gasteiger partial charge in [-0.1, -0.05) is 12.1 Å². The van der Waals surface area contributed by atoms with Gasteiger partial charge in [0.05, 0.1) is 15.4 Å². The van der Waals surface area contributed by atoms with Crippen LogP contribution in [0.3, 0.4) is 0 Å². The van der Waals surface area contributed by atoms with Crippen LogP contribution in [0.4, 0.5) is 0 Å². The molecule has 7 heteroatoms. The molecular formula is C19H22N2O4S. The van der Waals surface area contributed by atoms with Gasteiger partial charge in [0, 0.05) is 6.54 Å². The molecule has 0 radical (unpaired) electrons. The number of piperidine rings is 1. The number of likely N-dealkylation sites (N-methyl/N-ethyl adjacent to an activating group) is 1. The van der Waals surface area contributed by atoms with E-state index < -0.39 is 15.7 Å². The maximum Gasteiger partial charge on any atom is 0.250 e. The van der Waals surface area contributed by atoms with E-state index in [1.54, 1.807) is 24.3 Å². The Morgan fingerprint density at radius 2 is 1.85 bits per heavy atom. The summed E-state index contributed by atoms with van der Waals surface area (Å²) < 4.78 is 31.6. The third kappa shape index (κ3) is 3.89. The fourth-order valence-electron chi connectivity index (χ4n) is 3.14. The molecule has 0 aliphatic carbocycles. The highest BCUT2D eigenvalue weighted by Crippen LogP contribution is 2.26. The Morgan fingerprint density at radius 3 is 2.50 bits per heavy atom. The second-order valence-electron chi connectivity index (χ2n) is 6.48. The number of hydrogen-bond acceptors (Lipinski definition) is 5. The molecule has 138 valence electrons. The van der Waals surface area contributed by atoms with E-state index in [2.05, 4.69) is 11.9 Å². The van der Waals surface area contributed by atoms with Gasteiger partial charge in [0.25, 0.3) is 0 Å². The quantitative estimate of drug-likeness (QED) is 0.865. The summed E-state index contributed by atoms with van der Waals surface area (Å²) in [6.45, 7) is 1.92. The number of primary amides is 1. The van der Waals surface area contributed by atoms with Gasteiger partial charge in [0.2, 0.25) is 15.7 Å². The van der Waals surface area contributed by atoms with Crippen molar-refractivity contribution in [2.24, 2.45) is 5.73 Å². The zero-order chi connectivity index (χ0) is 18.7. The number of nitrogens with zero attached hydrogens (tertiary/aromatic N) is 1. The number of sulfone groups is 1. The standard InChI is InChI=1S/C19H22N2O4S/c1-21-12-4-5-15(13-21)25-14-8-10-16(11-9-14)26(23,24)18-7-3-2-6-17(18)19(20)22/h2-3,6-11,15H,4-5,12-13H2,1H3,(H2,20,22)/t15-/m0/s1. The maximum atomic E-state index is 12.8. The van der Waals surface area contributed by atoms with Crippen molar-refractivity contribution in [3.63, 3.8) is 0 Å². The number of nitrogens with two attached hydrogens (primary N) is 1. The molecule has 0 saturated carbocycles. The van der Waals surface area contributed by atoms with E-state index in [0.717, 1.165) is 25.9 Å². The monoisotopic (exact) mass is 374 g/mol. The third-order valence-electron chi connectivity index (χ3n) is 4.46. The van der Waals surface area contributed by atoms with Crippen LogP contribution in [0.15, 0.2) is 58.3 Å². The summed E-state index contributed by atoms with van der Waals surface area (Å²) in [6.07, 6.45) is 2.17. The average molecular weight is 374 g/mol. The molecule has 2 aromatic rings. The van der Waals surface area contributed by atoms with Crippen molar-refractivity contribution in [1.29, 1.82) is 0 Å². The highest BCUT2D eigenvalue weighted by molar-refractivity contribution is 7.91. The number of benzene rings is 2. The summed E-state index contributed by atoms with van der Waals surface area (Å²) in [5.41, 5.74) is 5.29. The first-order valence-electron chi connectivity index (χ1n) is 8.47. The maximum absolute atomic E-state index is 12.8. The fraction of sp³-hybridized carbons (Fsp3) is 0.316. The summed E-state index contributed by atoms with van der Waals surface area (Å²) in [5.74, 6) is -0.141. The van der Waals surface area contributed by atoms with E-state index in [1.807, 2.05) is 0 Å². The van der Waals surface area contributed by atoms with Crippen LogP contribution in [0.5, 0.6) is 5.75 Å². The molecule has 1 saturated heterocycles. The lowest BCUT2D eigenvalue weighted by molar-refractivity contribution is 0.0997. The SMILES string of the molecule is CN1CCC[C@H](Oc2ccc(S(=O)(=O)c3ccccc3C(N)=O)cc2)C1. The lowest BCUT2D eigenvalue weighted by atomic mass is 10.1. The largest absolute Gasteiger partial charge is 0.489 e. The summed E-state index contributed by atoms with van der Waals surface area (Å²) in [5, 5.41) is 0. The van der Waals surface area contributed by atoms with Gasteiger partial charge >= 0.3 is 0 Å². The number of likely N-dealkylation sites (tertiary alicyclic amines) is 1. The highest BCUT2D eigenvalue weighted by atomic mass is 32.2.